The summed E-state index contributed by atoms with van der Waals surface area (Å²) in [5.74, 6) is -0.701. The molecule has 136 valence electrons. The predicted molar refractivity (Wildman–Crippen MR) is 92.4 cm³/mol. The van der Waals surface area contributed by atoms with Gasteiger partial charge in [-0.1, -0.05) is 11.6 Å². The van der Waals surface area contributed by atoms with Crippen molar-refractivity contribution >= 4 is 33.3 Å². The lowest BCUT2D eigenvalue weighted by Crippen LogP contribution is -2.35. The molecule has 0 atom stereocenters. The van der Waals surface area contributed by atoms with Crippen LogP contribution in [0, 0.1) is 5.41 Å². The number of carbonyl (C=O) groups is 2. The van der Waals surface area contributed by atoms with Gasteiger partial charge in [-0.2, -0.15) is 0 Å². The first-order valence-corrected chi connectivity index (χ1v) is 10.4. The lowest BCUT2D eigenvalue weighted by Gasteiger charge is -2.19. The van der Waals surface area contributed by atoms with Crippen LogP contribution in [0.15, 0.2) is 17.0 Å². The Kier molecular flexibility index (Phi) is 4.58. The first kappa shape index (κ1) is 18.2. The first-order valence-electron chi connectivity index (χ1n) is 8.09. The van der Waals surface area contributed by atoms with Crippen LogP contribution >= 0.6 is 11.6 Å². The van der Waals surface area contributed by atoms with E-state index in [2.05, 4.69) is 5.32 Å². The zero-order valence-electron chi connectivity index (χ0n) is 14.1. The van der Waals surface area contributed by atoms with E-state index in [1.807, 2.05) is 0 Å². The molecule has 25 heavy (non-hydrogen) atoms. The van der Waals surface area contributed by atoms with Crippen molar-refractivity contribution in [1.82, 2.24) is 5.32 Å². The summed E-state index contributed by atoms with van der Waals surface area (Å²) in [5.41, 5.74) is -0.221. The fourth-order valence-electron chi connectivity index (χ4n) is 2.92. The van der Waals surface area contributed by atoms with Crippen LogP contribution in [0.2, 0.25) is 5.02 Å². The molecule has 2 aliphatic carbocycles. The molecule has 3 rings (SSSR count). The van der Waals surface area contributed by atoms with Crippen molar-refractivity contribution in [3.8, 4) is 0 Å². The molecule has 8 heteroatoms. The van der Waals surface area contributed by atoms with Crippen LogP contribution in [0.4, 0.5) is 0 Å². The normalized spacial score (nSPS) is 18.5. The van der Waals surface area contributed by atoms with Gasteiger partial charge in [0.2, 0.25) is 5.91 Å². The van der Waals surface area contributed by atoms with Crippen LogP contribution in [0.25, 0.3) is 0 Å². The molecule has 1 aromatic rings. The Morgan fingerprint density at radius 1 is 1.32 bits per heavy atom. The third kappa shape index (κ3) is 3.67. The topological polar surface area (TPSA) is 89.5 Å². The molecule has 2 saturated carbocycles. The predicted octanol–water partition coefficient (Wildman–Crippen LogP) is 2.13. The number of methoxy groups -OCH3 is 1. The van der Waals surface area contributed by atoms with Gasteiger partial charge in [-0.15, -0.1) is 0 Å². The molecule has 2 fully saturated rings. The number of hydrogen-bond acceptors (Lipinski definition) is 5. The molecule has 2 aliphatic rings. The van der Waals surface area contributed by atoms with E-state index in [0.29, 0.717) is 18.4 Å². The van der Waals surface area contributed by atoms with Crippen LogP contribution in [-0.4, -0.2) is 39.7 Å². The van der Waals surface area contributed by atoms with Crippen LogP contribution in [0.5, 0.6) is 0 Å². The van der Waals surface area contributed by atoms with Crippen molar-refractivity contribution in [3.63, 3.8) is 0 Å². The van der Waals surface area contributed by atoms with Gasteiger partial charge in [-0.3, -0.25) is 4.79 Å². The lowest BCUT2D eigenvalue weighted by atomic mass is 9.94. The average molecular weight is 386 g/mol. The highest BCUT2D eigenvalue weighted by Crippen LogP contribution is 2.51. The third-order valence-electron chi connectivity index (χ3n) is 4.77. The number of esters is 1. The van der Waals surface area contributed by atoms with Gasteiger partial charge in [0, 0.05) is 12.3 Å². The molecule has 0 saturated heterocycles. The first-order chi connectivity index (χ1) is 11.7. The number of rotatable bonds is 6. The molecule has 1 aromatic carbocycles. The highest BCUT2D eigenvalue weighted by molar-refractivity contribution is 7.90. The van der Waals surface area contributed by atoms with Gasteiger partial charge in [0.15, 0.2) is 9.84 Å². The number of ether oxygens (including phenoxy) is 1. The number of benzene rings is 1. The Morgan fingerprint density at radius 2 is 1.96 bits per heavy atom. The van der Waals surface area contributed by atoms with Crippen LogP contribution in [0.1, 0.15) is 41.6 Å². The van der Waals surface area contributed by atoms with Gasteiger partial charge < -0.3 is 10.1 Å². The SMILES string of the molecule is COC(=O)c1ccc(S(C)(=O)=O)c(CC2(C(=O)NC3CC3)CC2)c1Cl. The summed E-state index contributed by atoms with van der Waals surface area (Å²) >= 11 is 6.35. The average Bonchev–Trinajstić information content (AvgIpc) is 3.43. The number of carbonyl (C=O) groups excluding carboxylic acids is 2. The minimum atomic E-state index is -3.55. The molecule has 6 nitrogen and oxygen atoms in total. The van der Waals surface area contributed by atoms with Gasteiger partial charge in [-0.25, -0.2) is 13.2 Å². The van der Waals surface area contributed by atoms with E-state index in [9.17, 15) is 18.0 Å². The molecule has 0 unspecified atom stereocenters. The van der Waals surface area contributed by atoms with E-state index in [1.165, 1.54) is 19.2 Å². The minimum Gasteiger partial charge on any atom is -0.465 e. The Morgan fingerprint density at radius 3 is 2.44 bits per heavy atom. The summed E-state index contributed by atoms with van der Waals surface area (Å²) in [7, 11) is -2.32. The molecule has 0 aliphatic heterocycles. The summed E-state index contributed by atoms with van der Waals surface area (Å²) < 4.78 is 29.0. The van der Waals surface area contributed by atoms with E-state index in [-0.39, 0.29) is 33.9 Å². The maximum Gasteiger partial charge on any atom is 0.339 e. The van der Waals surface area contributed by atoms with Crippen molar-refractivity contribution in [2.75, 3.05) is 13.4 Å². The summed E-state index contributed by atoms with van der Waals surface area (Å²) in [5, 5.41) is 3.02. The molecular weight excluding hydrogens is 366 g/mol. The maximum absolute atomic E-state index is 12.5. The second kappa shape index (κ2) is 6.29. The van der Waals surface area contributed by atoms with E-state index in [1.54, 1.807) is 0 Å². The highest BCUT2D eigenvalue weighted by Gasteiger charge is 2.51. The molecule has 1 amide bonds. The maximum atomic E-state index is 12.5. The zero-order chi connectivity index (χ0) is 18.4. The van der Waals surface area contributed by atoms with Crippen LogP contribution < -0.4 is 5.32 Å². The summed E-state index contributed by atoms with van der Waals surface area (Å²) in [6.45, 7) is 0. The smallest absolute Gasteiger partial charge is 0.339 e. The minimum absolute atomic E-state index is 0.0419. The Hall–Kier alpha value is -1.60. The lowest BCUT2D eigenvalue weighted by molar-refractivity contribution is -0.126. The molecule has 0 radical (unpaired) electrons. The van der Waals surface area contributed by atoms with Crippen molar-refractivity contribution in [2.45, 2.75) is 43.0 Å². The Balaban J connectivity index is 2.00. The van der Waals surface area contributed by atoms with E-state index in [0.717, 1.165) is 19.1 Å². The number of nitrogens with one attached hydrogen (secondary N) is 1. The van der Waals surface area contributed by atoms with Gasteiger partial charge in [0.25, 0.3) is 0 Å². The number of halogens is 1. The van der Waals surface area contributed by atoms with Crippen LogP contribution in [0.3, 0.4) is 0 Å². The van der Waals surface area contributed by atoms with Crippen molar-refractivity contribution < 1.29 is 22.7 Å². The molecule has 1 N–H and O–H groups in total. The van der Waals surface area contributed by atoms with Gasteiger partial charge in [0.05, 0.1) is 28.0 Å². The fraction of sp³-hybridized carbons (Fsp3) is 0.529. The second-order valence-electron chi connectivity index (χ2n) is 6.87. The summed E-state index contributed by atoms with van der Waals surface area (Å²) in [4.78, 5) is 24.5. The van der Waals surface area contributed by atoms with Crippen LogP contribution in [-0.2, 0) is 25.8 Å². The zero-order valence-corrected chi connectivity index (χ0v) is 15.7. The van der Waals surface area contributed by atoms with Crippen molar-refractivity contribution in [1.29, 1.82) is 0 Å². The van der Waals surface area contributed by atoms with Crippen molar-refractivity contribution in [3.05, 3.63) is 28.3 Å². The number of sulfone groups is 1. The third-order valence-corrected chi connectivity index (χ3v) is 6.38. The van der Waals surface area contributed by atoms with E-state index in [4.69, 9.17) is 16.3 Å². The molecule has 0 heterocycles. The van der Waals surface area contributed by atoms with Crippen molar-refractivity contribution in [2.24, 2.45) is 5.41 Å². The number of amides is 1. The molecular formula is C17H20ClNO5S. The standard InChI is InChI=1S/C17H20ClNO5S/c1-24-15(20)11-5-6-13(25(2,22)23)12(14(11)18)9-17(7-8-17)16(21)19-10-3-4-10/h5-6,10H,3-4,7-9H2,1-2H3,(H,19,21). The second-order valence-corrected chi connectivity index (χ2v) is 9.23. The fourth-order valence-corrected chi connectivity index (χ4v) is 4.22. The quantitative estimate of drug-likeness (QED) is 0.757. The highest BCUT2D eigenvalue weighted by atomic mass is 35.5. The monoisotopic (exact) mass is 385 g/mol. The summed E-state index contributed by atoms with van der Waals surface area (Å²) in [6.07, 6.45) is 4.59. The van der Waals surface area contributed by atoms with Gasteiger partial charge in [-0.05, 0) is 49.8 Å². The number of hydrogen-bond donors (Lipinski definition) is 1. The van der Waals surface area contributed by atoms with E-state index >= 15 is 0 Å². The molecule has 0 spiro atoms. The largest absolute Gasteiger partial charge is 0.465 e. The van der Waals surface area contributed by atoms with Gasteiger partial charge >= 0.3 is 5.97 Å². The van der Waals surface area contributed by atoms with Gasteiger partial charge in [0.1, 0.15) is 0 Å². The Bertz CT molecular complexity index is 841. The Labute approximate surface area is 151 Å². The molecule has 0 aromatic heterocycles. The summed E-state index contributed by atoms with van der Waals surface area (Å²) in [6, 6.07) is 2.94. The van der Waals surface area contributed by atoms with E-state index < -0.39 is 21.2 Å². The molecule has 0 bridgehead atoms.